The van der Waals surface area contributed by atoms with E-state index in [-0.39, 0.29) is 5.56 Å². The lowest BCUT2D eigenvalue weighted by atomic mass is 9.97. The molecule has 0 spiro atoms. The Kier molecular flexibility index (Phi) is 4.12. The van der Waals surface area contributed by atoms with Gasteiger partial charge >= 0.3 is 0 Å². The smallest absolute Gasteiger partial charge is 0.131 e. The van der Waals surface area contributed by atoms with Crippen molar-refractivity contribution in [1.82, 2.24) is 5.32 Å². The summed E-state index contributed by atoms with van der Waals surface area (Å²) in [5.74, 6) is -0.487. The lowest BCUT2D eigenvalue weighted by Crippen LogP contribution is -2.20. The van der Waals surface area contributed by atoms with E-state index in [2.05, 4.69) is 5.32 Å². The highest BCUT2D eigenvalue weighted by atomic mass is 19.1. The summed E-state index contributed by atoms with van der Waals surface area (Å²) in [6.45, 7) is 0. The molecule has 100 valence electrons. The number of methoxy groups -OCH3 is 1. The van der Waals surface area contributed by atoms with E-state index in [9.17, 15) is 8.78 Å². The Hall–Kier alpha value is -1.94. The van der Waals surface area contributed by atoms with Crippen LogP contribution in [-0.2, 0) is 0 Å². The highest BCUT2D eigenvalue weighted by molar-refractivity contribution is 5.37. The second-order valence-electron chi connectivity index (χ2n) is 4.13. The number of halogens is 2. The van der Waals surface area contributed by atoms with Gasteiger partial charge in [-0.2, -0.15) is 0 Å². The van der Waals surface area contributed by atoms with E-state index in [1.54, 1.807) is 38.4 Å². The number of rotatable bonds is 4. The number of hydrogen-bond donors (Lipinski definition) is 1. The van der Waals surface area contributed by atoms with Crippen molar-refractivity contribution in [3.05, 3.63) is 65.2 Å². The topological polar surface area (TPSA) is 21.3 Å². The Balaban J connectivity index is 2.50. The van der Waals surface area contributed by atoms with Crippen molar-refractivity contribution in [2.75, 3.05) is 14.2 Å². The van der Waals surface area contributed by atoms with Crippen LogP contribution in [0.4, 0.5) is 8.78 Å². The van der Waals surface area contributed by atoms with Gasteiger partial charge in [-0.05, 0) is 36.9 Å². The molecule has 2 rings (SSSR count). The Labute approximate surface area is 111 Å². The molecule has 0 aliphatic carbocycles. The molecule has 0 saturated carbocycles. The Morgan fingerprint density at radius 1 is 1.05 bits per heavy atom. The van der Waals surface area contributed by atoms with Crippen molar-refractivity contribution < 1.29 is 13.5 Å². The van der Waals surface area contributed by atoms with Gasteiger partial charge in [0.2, 0.25) is 0 Å². The van der Waals surface area contributed by atoms with E-state index in [4.69, 9.17) is 4.74 Å². The molecule has 0 bridgehead atoms. The van der Waals surface area contributed by atoms with E-state index < -0.39 is 17.7 Å². The minimum atomic E-state index is -0.567. The monoisotopic (exact) mass is 263 g/mol. The van der Waals surface area contributed by atoms with E-state index >= 15 is 0 Å². The molecule has 0 saturated heterocycles. The molecule has 2 aromatic carbocycles. The molecular formula is C15H15F2NO. The van der Waals surface area contributed by atoms with Crippen LogP contribution in [0.2, 0.25) is 0 Å². The second kappa shape index (κ2) is 5.80. The van der Waals surface area contributed by atoms with Gasteiger partial charge in [0.1, 0.15) is 17.4 Å². The maximum Gasteiger partial charge on any atom is 0.131 e. The van der Waals surface area contributed by atoms with E-state index in [0.29, 0.717) is 5.75 Å². The Bertz CT molecular complexity index is 552. The molecule has 19 heavy (non-hydrogen) atoms. The maximum atomic E-state index is 13.8. The SMILES string of the molecule is CNC(c1cccc(OC)c1)c1c(F)cccc1F. The third-order valence-corrected chi connectivity index (χ3v) is 3.00. The van der Waals surface area contributed by atoms with Crippen LogP contribution >= 0.6 is 0 Å². The van der Waals surface area contributed by atoms with Gasteiger partial charge in [0.25, 0.3) is 0 Å². The van der Waals surface area contributed by atoms with E-state index in [1.807, 2.05) is 0 Å². The average molecular weight is 263 g/mol. The van der Waals surface area contributed by atoms with Crippen molar-refractivity contribution in [3.63, 3.8) is 0 Å². The third-order valence-electron chi connectivity index (χ3n) is 3.00. The summed E-state index contributed by atoms with van der Waals surface area (Å²) in [5, 5.41) is 2.93. The molecule has 0 aromatic heterocycles. The molecular weight excluding hydrogens is 248 g/mol. The number of benzene rings is 2. The molecule has 2 aromatic rings. The zero-order chi connectivity index (χ0) is 13.8. The quantitative estimate of drug-likeness (QED) is 0.914. The molecule has 1 unspecified atom stereocenters. The molecule has 1 atom stereocenters. The summed E-state index contributed by atoms with van der Waals surface area (Å²) in [6.07, 6.45) is 0. The molecule has 2 nitrogen and oxygen atoms in total. The number of ether oxygens (including phenoxy) is 1. The predicted octanol–water partition coefficient (Wildman–Crippen LogP) is 3.28. The largest absolute Gasteiger partial charge is 0.497 e. The molecule has 0 amide bonds. The number of hydrogen-bond acceptors (Lipinski definition) is 2. The summed E-state index contributed by atoms with van der Waals surface area (Å²) in [6, 6.07) is 10.4. The summed E-state index contributed by atoms with van der Waals surface area (Å²) in [7, 11) is 3.22. The fourth-order valence-electron chi connectivity index (χ4n) is 2.09. The van der Waals surface area contributed by atoms with Crippen LogP contribution < -0.4 is 10.1 Å². The minimum Gasteiger partial charge on any atom is -0.497 e. The van der Waals surface area contributed by atoms with Crippen molar-refractivity contribution >= 4 is 0 Å². The lowest BCUT2D eigenvalue weighted by Gasteiger charge is -2.19. The lowest BCUT2D eigenvalue weighted by molar-refractivity contribution is 0.413. The van der Waals surface area contributed by atoms with Gasteiger partial charge < -0.3 is 10.1 Å². The average Bonchev–Trinajstić information content (AvgIpc) is 2.43. The highest BCUT2D eigenvalue weighted by Crippen LogP contribution is 2.28. The van der Waals surface area contributed by atoms with Crippen LogP contribution in [-0.4, -0.2) is 14.2 Å². The van der Waals surface area contributed by atoms with Gasteiger partial charge in [0, 0.05) is 5.56 Å². The van der Waals surface area contributed by atoms with Crippen LogP contribution in [0.25, 0.3) is 0 Å². The van der Waals surface area contributed by atoms with Gasteiger partial charge in [-0.25, -0.2) is 8.78 Å². The summed E-state index contributed by atoms with van der Waals surface area (Å²) < 4.78 is 32.8. The molecule has 1 N–H and O–H groups in total. The minimum absolute atomic E-state index is 0.0123. The first-order valence-corrected chi connectivity index (χ1v) is 5.92. The summed E-state index contributed by atoms with van der Waals surface area (Å²) in [5.41, 5.74) is 0.754. The van der Waals surface area contributed by atoms with E-state index in [1.165, 1.54) is 18.2 Å². The Morgan fingerprint density at radius 2 is 1.68 bits per heavy atom. The van der Waals surface area contributed by atoms with E-state index in [0.717, 1.165) is 5.56 Å². The van der Waals surface area contributed by atoms with Crippen molar-refractivity contribution in [1.29, 1.82) is 0 Å². The summed E-state index contributed by atoms with van der Waals surface area (Å²) in [4.78, 5) is 0. The van der Waals surface area contributed by atoms with Crippen molar-refractivity contribution in [2.24, 2.45) is 0 Å². The standard InChI is InChI=1S/C15H15F2NO/c1-18-15(10-5-3-6-11(9-10)19-2)14-12(16)7-4-8-13(14)17/h3-9,15,18H,1-2H3. The van der Waals surface area contributed by atoms with Crippen LogP contribution in [0.3, 0.4) is 0 Å². The fraction of sp³-hybridized carbons (Fsp3) is 0.200. The first-order valence-electron chi connectivity index (χ1n) is 5.92. The van der Waals surface area contributed by atoms with Gasteiger partial charge in [-0.15, -0.1) is 0 Å². The molecule has 0 aliphatic heterocycles. The van der Waals surface area contributed by atoms with Crippen LogP contribution in [0, 0.1) is 11.6 Å². The maximum absolute atomic E-state index is 13.8. The molecule has 0 fully saturated rings. The molecule has 0 radical (unpaired) electrons. The van der Waals surface area contributed by atoms with Crippen LogP contribution in [0.15, 0.2) is 42.5 Å². The number of nitrogens with one attached hydrogen (secondary N) is 1. The zero-order valence-corrected chi connectivity index (χ0v) is 10.8. The van der Waals surface area contributed by atoms with Crippen molar-refractivity contribution in [2.45, 2.75) is 6.04 Å². The zero-order valence-electron chi connectivity index (χ0n) is 10.8. The van der Waals surface area contributed by atoms with Gasteiger partial charge in [0.05, 0.1) is 13.2 Å². The molecule has 0 aliphatic rings. The van der Waals surface area contributed by atoms with Crippen LogP contribution in [0.1, 0.15) is 17.2 Å². The predicted molar refractivity (Wildman–Crippen MR) is 70.3 cm³/mol. The van der Waals surface area contributed by atoms with Crippen LogP contribution in [0.5, 0.6) is 5.75 Å². The summed E-state index contributed by atoms with van der Waals surface area (Å²) >= 11 is 0. The third kappa shape index (κ3) is 2.74. The highest BCUT2D eigenvalue weighted by Gasteiger charge is 2.20. The van der Waals surface area contributed by atoms with Crippen molar-refractivity contribution in [3.8, 4) is 5.75 Å². The first-order chi connectivity index (χ1) is 9.17. The normalized spacial score (nSPS) is 12.2. The Morgan fingerprint density at radius 3 is 2.26 bits per heavy atom. The molecule has 4 heteroatoms. The fourth-order valence-corrected chi connectivity index (χ4v) is 2.09. The first kappa shape index (κ1) is 13.5. The van der Waals surface area contributed by atoms with Gasteiger partial charge in [-0.1, -0.05) is 18.2 Å². The molecule has 0 heterocycles. The second-order valence-corrected chi connectivity index (χ2v) is 4.13. The van der Waals surface area contributed by atoms with Gasteiger partial charge in [0.15, 0.2) is 0 Å². The van der Waals surface area contributed by atoms with Gasteiger partial charge in [-0.3, -0.25) is 0 Å².